The van der Waals surface area contributed by atoms with E-state index in [9.17, 15) is 13.2 Å². The summed E-state index contributed by atoms with van der Waals surface area (Å²) in [5.74, 6) is -0.106. The molecular weight excluding hydrogens is 270 g/mol. The van der Waals surface area contributed by atoms with Gasteiger partial charge in [0.15, 0.2) is 10.9 Å². The van der Waals surface area contributed by atoms with E-state index in [0.29, 0.717) is 0 Å². The van der Waals surface area contributed by atoms with Crippen molar-refractivity contribution < 1.29 is 17.9 Å². The standard InChI is InChI=1S/C7H6Cl2F3N3O/c8-5-3(1-14-6(9)15-5)16-2-4(13)7(10,11)12/h1,4H,2,13H2. The molecular formula is C7H6Cl2F3N3O. The molecule has 0 aliphatic rings. The number of halogens is 5. The molecule has 0 bridgehead atoms. The number of hydrogen-bond acceptors (Lipinski definition) is 4. The van der Waals surface area contributed by atoms with E-state index < -0.39 is 18.8 Å². The summed E-state index contributed by atoms with van der Waals surface area (Å²) < 4.78 is 40.8. The summed E-state index contributed by atoms with van der Waals surface area (Å²) in [6.45, 7) is -0.770. The predicted molar refractivity (Wildman–Crippen MR) is 51.6 cm³/mol. The number of rotatable bonds is 3. The first-order valence-electron chi connectivity index (χ1n) is 3.94. The molecule has 0 aliphatic heterocycles. The second kappa shape index (κ2) is 5.03. The topological polar surface area (TPSA) is 61.0 Å². The van der Waals surface area contributed by atoms with Gasteiger partial charge in [-0.2, -0.15) is 13.2 Å². The maximum absolute atomic E-state index is 12.0. The van der Waals surface area contributed by atoms with Gasteiger partial charge in [0, 0.05) is 0 Å². The van der Waals surface area contributed by atoms with Gasteiger partial charge in [-0.3, -0.25) is 0 Å². The first kappa shape index (κ1) is 13.3. The van der Waals surface area contributed by atoms with E-state index in [-0.39, 0.29) is 16.2 Å². The Balaban J connectivity index is 2.62. The smallest absolute Gasteiger partial charge is 0.406 e. The van der Waals surface area contributed by atoms with Gasteiger partial charge >= 0.3 is 6.18 Å². The Morgan fingerprint density at radius 3 is 2.56 bits per heavy atom. The summed E-state index contributed by atoms with van der Waals surface area (Å²) in [5, 5.41) is -0.299. The molecule has 0 aliphatic carbocycles. The SMILES string of the molecule is NC(COc1cnc(Cl)nc1Cl)C(F)(F)F. The van der Waals surface area contributed by atoms with E-state index >= 15 is 0 Å². The lowest BCUT2D eigenvalue weighted by Crippen LogP contribution is -2.42. The molecule has 4 nitrogen and oxygen atoms in total. The largest absolute Gasteiger partial charge is 0.487 e. The molecule has 0 amide bonds. The summed E-state index contributed by atoms with van der Waals surface area (Å²) in [4.78, 5) is 6.99. The Bertz CT molecular complexity index is 374. The number of nitrogens with zero attached hydrogens (tertiary/aromatic N) is 2. The van der Waals surface area contributed by atoms with E-state index in [1.54, 1.807) is 0 Å². The fourth-order valence-electron chi connectivity index (χ4n) is 0.701. The monoisotopic (exact) mass is 275 g/mol. The van der Waals surface area contributed by atoms with Crippen molar-refractivity contribution in [1.29, 1.82) is 0 Å². The summed E-state index contributed by atoms with van der Waals surface area (Å²) in [6, 6.07) is -2.10. The molecule has 1 unspecified atom stereocenters. The highest BCUT2D eigenvalue weighted by molar-refractivity contribution is 6.32. The van der Waals surface area contributed by atoms with Crippen LogP contribution < -0.4 is 10.5 Å². The van der Waals surface area contributed by atoms with Gasteiger partial charge in [0.25, 0.3) is 0 Å². The molecule has 0 fully saturated rings. The first-order valence-corrected chi connectivity index (χ1v) is 4.69. The highest BCUT2D eigenvalue weighted by Gasteiger charge is 2.37. The fraction of sp³-hybridized carbons (Fsp3) is 0.429. The Hall–Kier alpha value is -0.790. The third-order valence-electron chi connectivity index (χ3n) is 1.52. The van der Waals surface area contributed by atoms with Gasteiger partial charge < -0.3 is 10.5 Å². The van der Waals surface area contributed by atoms with Crippen molar-refractivity contribution in [3.05, 3.63) is 16.6 Å². The van der Waals surface area contributed by atoms with E-state index in [2.05, 4.69) is 9.97 Å². The van der Waals surface area contributed by atoms with Crippen LogP contribution in [0.25, 0.3) is 0 Å². The summed E-state index contributed by atoms with van der Waals surface area (Å²) in [7, 11) is 0. The van der Waals surface area contributed by atoms with Gasteiger partial charge in [0.05, 0.1) is 6.20 Å². The number of aromatic nitrogens is 2. The Labute approximate surface area is 98.5 Å². The molecule has 1 aromatic heterocycles. The van der Waals surface area contributed by atoms with Crippen LogP contribution in [0.2, 0.25) is 10.4 Å². The third-order valence-corrected chi connectivity index (χ3v) is 1.97. The maximum atomic E-state index is 12.0. The zero-order valence-corrected chi connectivity index (χ0v) is 9.14. The van der Waals surface area contributed by atoms with Crippen molar-refractivity contribution in [3.8, 4) is 5.75 Å². The molecule has 0 saturated carbocycles. The average Bonchev–Trinajstić information content (AvgIpc) is 2.14. The average molecular weight is 276 g/mol. The van der Waals surface area contributed by atoms with Crippen LogP contribution >= 0.6 is 23.2 Å². The lowest BCUT2D eigenvalue weighted by molar-refractivity contribution is -0.153. The molecule has 1 atom stereocenters. The molecule has 90 valence electrons. The fourth-order valence-corrected chi connectivity index (χ4v) is 1.06. The number of alkyl halides is 3. The minimum absolute atomic E-state index is 0.106. The second-order valence-corrected chi connectivity index (χ2v) is 3.45. The third kappa shape index (κ3) is 3.66. The summed E-state index contributed by atoms with van der Waals surface area (Å²) in [5.41, 5.74) is 4.82. The Morgan fingerprint density at radius 1 is 1.44 bits per heavy atom. The van der Waals surface area contributed by atoms with Crippen molar-refractivity contribution in [2.75, 3.05) is 6.61 Å². The second-order valence-electron chi connectivity index (χ2n) is 2.75. The maximum Gasteiger partial charge on any atom is 0.406 e. The lowest BCUT2D eigenvalue weighted by atomic mass is 10.3. The summed E-state index contributed by atoms with van der Waals surface area (Å²) in [6.07, 6.45) is -3.46. The van der Waals surface area contributed by atoms with Crippen molar-refractivity contribution in [1.82, 2.24) is 9.97 Å². The Morgan fingerprint density at radius 2 is 2.06 bits per heavy atom. The predicted octanol–water partition coefficient (Wildman–Crippen LogP) is 2.05. The van der Waals surface area contributed by atoms with Crippen molar-refractivity contribution in [3.63, 3.8) is 0 Å². The van der Waals surface area contributed by atoms with Crippen LogP contribution in [0.4, 0.5) is 13.2 Å². The van der Waals surface area contributed by atoms with E-state index in [1.807, 2.05) is 0 Å². The normalized spacial score (nSPS) is 13.6. The van der Waals surface area contributed by atoms with Gasteiger partial charge in [-0.05, 0) is 11.6 Å². The van der Waals surface area contributed by atoms with Crippen LogP contribution in [0, 0.1) is 0 Å². The number of hydrogen-bond donors (Lipinski definition) is 1. The van der Waals surface area contributed by atoms with E-state index in [4.69, 9.17) is 33.7 Å². The molecule has 0 spiro atoms. The van der Waals surface area contributed by atoms with Crippen LogP contribution in [0.3, 0.4) is 0 Å². The van der Waals surface area contributed by atoms with E-state index in [0.717, 1.165) is 6.20 Å². The zero-order valence-electron chi connectivity index (χ0n) is 7.63. The van der Waals surface area contributed by atoms with Crippen molar-refractivity contribution >= 4 is 23.2 Å². The lowest BCUT2D eigenvalue weighted by Gasteiger charge is -2.16. The number of nitrogens with two attached hydrogens (primary N) is 1. The van der Waals surface area contributed by atoms with Crippen molar-refractivity contribution in [2.45, 2.75) is 12.2 Å². The number of ether oxygens (including phenoxy) is 1. The molecule has 0 radical (unpaired) electrons. The molecule has 1 rings (SSSR count). The molecule has 0 saturated heterocycles. The minimum atomic E-state index is -4.53. The molecule has 1 aromatic rings. The van der Waals surface area contributed by atoms with Crippen LogP contribution in [0.5, 0.6) is 5.75 Å². The molecule has 0 aromatic carbocycles. The van der Waals surface area contributed by atoms with Gasteiger partial charge in [-0.1, -0.05) is 11.6 Å². The van der Waals surface area contributed by atoms with Gasteiger partial charge in [0.2, 0.25) is 5.28 Å². The zero-order chi connectivity index (χ0) is 12.3. The van der Waals surface area contributed by atoms with Gasteiger partial charge in [0.1, 0.15) is 12.6 Å². The van der Waals surface area contributed by atoms with Crippen molar-refractivity contribution in [2.24, 2.45) is 5.73 Å². The summed E-state index contributed by atoms with van der Waals surface area (Å²) >= 11 is 10.9. The first-order chi connectivity index (χ1) is 7.30. The molecule has 2 N–H and O–H groups in total. The quantitative estimate of drug-likeness (QED) is 0.678. The van der Waals surface area contributed by atoms with Gasteiger partial charge in [-0.25, -0.2) is 9.97 Å². The molecule has 16 heavy (non-hydrogen) atoms. The van der Waals surface area contributed by atoms with Crippen LogP contribution in [0.1, 0.15) is 0 Å². The Kier molecular flexibility index (Phi) is 4.17. The van der Waals surface area contributed by atoms with Crippen LogP contribution in [-0.2, 0) is 0 Å². The minimum Gasteiger partial charge on any atom is -0.487 e. The van der Waals surface area contributed by atoms with Gasteiger partial charge in [-0.15, -0.1) is 0 Å². The molecule has 1 heterocycles. The van der Waals surface area contributed by atoms with Crippen LogP contribution in [-0.4, -0.2) is 28.8 Å². The molecule has 9 heteroatoms. The highest BCUT2D eigenvalue weighted by atomic mass is 35.5. The van der Waals surface area contributed by atoms with Crippen LogP contribution in [0.15, 0.2) is 6.20 Å². The highest BCUT2D eigenvalue weighted by Crippen LogP contribution is 2.24. The van der Waals surface area contributed by atoms with E-state index in [1.165, 1.54) is 0 Å².